The molecule has 0 bridgehead atoms. The molecule has 1 amide bonds. The molecule has 1 heterocycles. The number of nitrogens with one attached hydrogen (secondary N) is 1. The Morgan fingerprint density at radius 2 is 2.05 bits per heavy atom. The lowest BCUT2D eigenvalue weighted by Crippen LogP contribution is -2.13. The fourth-order valence-electron chi connectivity index (χ4n) is 1.54. The number of carbonyl (C=O) groups is 1. The second kappa shape index (κ2) is 5.97. The number of aromatic nitrogens is 1. The summed E-state index contributed by atoms with van der Waals surface area (Å²) in [4.78, 5) is 27.5. The normalized spacial score (nSPS) is 10.5. The van der Waals surface area contributed by atoms with Crippen molar-refractivity contribution in [3.63, 3.8) is 0 Å². The van der Waals surface area contributed by atoms with Crippen LogP contribution in [0.3, 0.4) is 0 Å². The van der Waals surface area contributed by atoms with Crippen molar-refractivity contribution >= 4 is 51.3 Å². The number of aryl methyl sites for hydroxylation is 2. The van der Waals surface area contributed by atoms with Crippen molar-refractivity contribution in [2.24, 2.45) is 0 Å². The predicted molar refractivity (Wildman–Crippen MR) is 82.7 cm³/mol. The van der Waals surface area contributed by atoms with Gasteiger partial charge in [0.25, 0.3) is 11.6 Å². The molecule has 0 aliphatic carbocycles. The zero-order valence-electron chi connectivity index (χ0n) is 10.9. The Morgan fingerprint density at radius 1 is 1.38 bits per heavy atom. The highest BCUT2D eigenvalue weighted by Crippen LogP contribution is 2.31. The summed E-state index contributed by atoms with van der Waals surface area (Å²) >= 11 is 13.1. The van der Waals surface area contributed by atoms with Gasteiger partial charge in [0, 0.05) is 17.0 Å². The highest BCUT2D eigenvalue weighted by Gasteiger charge is 2.20. The van der Waals surface area contributed by atoms with Gasteiger partial charge in [-0.05, 0) is 13.8 Å². The lowest BCUT2D eigenvalue weighted by Gasteiger charge is -2.05. The van der Waals surface area contributed by atoms with Gasteiger partial charge in [-0.25, -0.2) is 4.98 Å². The molecule has 21 heavy (non-hydrogen) atoms. The van der Waals surface area contributed by atoms with Crippen LogP contribution in [0.5, 0.6) is 0 Å². The molecule has 0 radical (unpaired) electrons. The summed E-state index contributed by atoms with van der Waals surface area (Å²) in [5, 5.41) is 13.7. The third kappa shape index (κ3) is 3.31. The molecule has 1 N–H and O–H groups in total. The molecule has 0 aliphatic heterocycles. The molecule has 2 aromatic rings. The number of hydrogen-bond donors (Lipinski definition) is 1. The topological polar surface area (TPSA) is 85.1 Å². The van der Waals surface area contributed by atoms with Gasteiger partial charge in [-0.15, -0.1) is 11.3 Å². The number of nitrogens with zero attached hydrogens (tertiary/aromatic N) is 2. The smallest absolute Gasteiger partial charge is 0.271 e. The Labute approximate surface area is 133 Å². The molecule has 1 aromatic carbocycles. The lowest BCUT2D eigenvalue weighted by molar-refractivity contribution is -0.384. The van der Waals surface area contributed by atoms with Crippen molar-refractivity contribution in [1.29, 1.82) is 0 Å². The summed E-state index contributed by atoms with van der Waals surface area (Å²) in [6.07, 6.45) is 0. The molecule has 0 fully saturated rings. The molecule has 6 nitrogen and oxygen atoms in total. The van der Waals surface area contributed by atoms with Crippen molar-refractivity contribution in [3.8, 4) is 0 Å². The molecular formula is C12H9Cl2N3O3S. The molecule has 0 saturated carbocycles. The van der Waals surface area contributed by atoms with Gasteiger partial charge < -0.3 is 0 Å². The molecule has 0 aliphatic rings. The van der Waals surface area contributed by atoms with E-state index in [0.29, 0.717) is 5.13 Å². The summed E-state index contributed by atoms with van der Waals surface area (Å²) in [6, 6.07) is 2.18. The van der Waals surface area contributed by atoms with Crippen LogP contribution in [0.25, 0.3) is 0 Å². The molecule has 0 unspecified atom stereocenters. The summed E-state index contributed by atoms with van der Waals surface area (Å²) in [5.41, 5.74) is 0.431. The van der Waals surface area contributed by atoms with E-state index in [4.69, 9.17) is 23.2 Å². The number of nitro benzene ring substituents is 1. The second-order valence-corrected chi connectivity index (χ2v) is 6.15. The van der Waals surface area contributed by atoms with E-state index in [9.17, 15) is 14.9 Å². The van der Waals surface area contributed by atoms with E-state index in [-0.39, 0.29) is 21.3 Å². The number of non-ortho nitro benzene ring substituents is 1. The van der Waals surface area contributed by atoms with Crippen LogP contribution in [-0.2, 0) is 0 Å². The minimum atomic E-state index is -0.642. The standard InChI is InChI=1S/C12H9Cl2N3O3S/c1-5-6(2)21-12(15-5)16-11(18)8-3-7(17(19)20)4-9(13)10(8)14/h3-4H,1-2H3,(H,15,16,18). The van der Waals surface area contributed by atoms with Crippen LogP contribution in [0.1, 0.15) is 20.9 Å². The molecule has 110 valence electrons. The van der Waals surface area contributed by atoms with Crippen molar-refractivity contribution in [1.82, 2.24) is 4.98 Å². The number of nitro groups is 1. The minimum Gasteiger partial charge on any atom is -0.298 e. The van der Waals surface area contributed by atoms with Crippen LogP contribution in [-0.4, -0.2) is 15.8 Å². The van der Waals surface area contributed by atoms with Crippen molar-refractivity contribution < 1.29 is 9.72 Å². The fourth-order valence-corrected chi connectivity index (χ4v) is 2.75. The van der Waals surface area contributed by atoms with Gasteiger partial charge >= 0.3 is 0 Å². The first-order chi connectivity index (χ1) is 9.79. The zero-order valence-corrected chi connectivity index (χ0v) is 13.3. The van der Waals surface area contributed by atoms with Gasteiger partial charge in [0.1, 0.15) is 0 Å². The summed E-state index contributed by atoms with van der Waals surface area (Å²) in [7, 11) is 0. The third-order valence-electron chi connectivity index (χ3n) is 2.72. The number of thiazole rings is 1. The summed E-state index contributed by atoms with van der Waals surface area (Å²) in [5.74, 6) is -0.598. The van der Waals surface area contributed by atoms with Crippen LogP contribution in [0, 0.1) is 24.0 Å². The van der Waals surface area contributed by atoms with E-state index in [2.05, 4.69) is 10.3 Å². The molecule has 0 saturated heterocycles. The molecular weight excluding hydrogens is 337 g/mol. The third-order valence-corrected chi connectivity index (χ3v) is 4.51. The Balaban J connectivity index is 2.36. The first-order valence-electron chi connectivity index (χ1n) is 5.68. The van der Waals surface area contributed by atoms with E-state index in [1.165, 1.54) is 11.3 Å². The largest absolute Gasteiger partial charge is 0.298 e. The maximum atomic E-state index is 12.2. The maximum absolute atomic E-state index is 12.2. The van der Waals surface area contributed by atoms with Gasteiger partial charge in [0.05, 0.1) is 26.2 Å². The van der Waals surface area contributed by atoms with E-state index in [0.717, 1.165) is 22.7 Å². The number of anilines is 1. The van der Waals surface area contributed by atoms with Gasteiger partial charge in [0.2, 0.25) is 0 Å². The van der Waals surface area contributed by atoms with Crippen LogP contribution in [0.2, 0.25) is 10.0 Å². The predicted octanol–water partition coefficient (Wildman–Crippen LogP) is 4.23. The lowest BCUT2D eigenvalue weighted by atomic mass is 10.2. The molecule has 9 heteroatoms. The van der Waals surface area contributed by atoms with Crippen molar-refractivity contribution in [2.75, 3.05) is 5.32 Å². The van der Waals surface area contributed by atoms with Crippen LogP contribution >= 0.6 is 34.5 Å². The van der Waals surface area contributed by atoms with E-state index in [1.807, 2.05) is 13.8 Å². The maximum Gasteiger partial charge on any atom is 0.271 e. The quantitative estimate of drug-likeness (QED) is 0.666. The molecule has 1 aromatic heterocycles. The Morgan fingerprint density at radius 3 is 2.57 bits per heavy atom. The Bertz CT molecular complexity index is 726. The summed E-state index contributed by atoms with van der Waals surface area (Å²) < 4.78 is 0. The first-order valence-corrected chi connectivity index (χ1v) is 7.25. The average Bonchev–Trinajstić information content (AvgIpc) is 2.70. The summed E-state index contributed by atoms with van der Waals surface area (Å²) in [6.45, 7) is 3.69. The molecule has 0 atom stereocenters. The highest BCUT2D eigenvalue weighted by molar-refractivity contribution is 7.15. The van der Waals surface area contributed by atoms with Crippen LogP contribution in [0.4, 0.5) is 10.8 Å². The van der Waals surface area contributed by atoms with Crippen molar-refractivity contribution in [3.05, 3.63) is 48.4 Å². The van der Waals surface area contributed by atoms with Crippen molar-refractivity contribution in [2.45, 2.75) is 13.8 Å². The molecule has 2 rings (SSSR count). The van der Waals surface area contributed by atoms with Gasteiger partial charge in [-0.1, -0.05) is 23.2 Å². The van der Waals surface area contributed by atoms with E-state index >= 15 is 0 Å². The number of benzene rings is 1. The highest BCUT2D eigenvalue weighted by atomic mass is 35.5. The monoisotopic (exact) mass is 345 g/mol. The Hall–Kier alpha value is -1.70. The average molecular weight is 346 g/mol. The second-order valence-electron chi connectivity index (χ2n) is 4.16. The van der Waals surface area contributed by atoms with E-state index < -0.39 is 10.8 Å². The SMILES string of the molecule is Cc1nc(NC(=O)c2cc([N+](=O)[O-])cc(Cl)c2Cl)sc1C. The number of halogens is 2. The fraction of sp³-hybridized carbons (Fsp3) is 0.167. The zero-order chi connectivity index (χ0) is 15.7. The van der Waals surface area contributed by atoms with E-state index in [1.54, 1.807) is 0 Å². The van der Waals surface area contributed by atoms with Gasteiger partial charge in [0.15, 0.2) is 5.13 Å². The van der Waals surface area contributed by atoms with Gasteiger partial charge in [-0.2, -0.15) is 0 Å². The number of rotatable bonds is 3. The number of carbonyl (C=O) groups excluding carboxylic acids is 1. The Kier molecular flexibility index (Phi) is 4.46. The van der Waals surface area contributed by atoms with Crippen LogP contribution in [0.15, 0.2) is 12.1 Å². The molecule has 0 spiro atoms. The van der Waals surface area contributed by atoms with Gasteiger partial charge in [-0.3, -0.25) is 20.2 Å². The first kappa shape index (κ1) is 15.7. The minimum absolute atomic E-state index is 0.0373. The van der Waals surface area contributed by atoms with Crippen LogP contribution < -0.4 is 5.32 Å². The number of hydrogen-bond acceptors (Lipinski definition) is 5. The number of amides is 1.